The van der Waals surface area contributed by atoms with E-state index < -0.39 is 0 Å². The fourth-order valence-electron chi connectivity index (χ4n) is 3.09. The fourth-order valence-corrected chi connectivity index (χ4v) is 3.09. The van der Waals surface area contributed by atoms with Gasteiger partial charge in [0.1, 0.15) is 5.82 Å². The van der Waals surface area contributed by atoms with E-state index >= 15 is 0 Å². The molecule has 0 radical (unpaired) electrons. The van der Waals surface area contributed by atoms with Gasteiger partial charge in [-0.05, 0) is 18.9 Å². The summed E-state index contributed by atoms with van der Waals surface area (Å²) in [6.45, 7) is 1.77. The quantitative estimate of drug-likeness (QED) is 0.613. The molecule has 2 atom stereocenters. The Bertz CT molecular complexity index is 410. The average Bonchev–Trinajstić information content (AvgIpc) is 2.47. The lowest BCUT2D eigenvalue weighted by Crippen LogP contribution is -2.52. The number of nitrogens with two attached hydrogens (primary N) is 1. The van der Waals surface area contributed by atoms with E-state index in [4.69, 9.17) is 10.6 Å². The highest BCUT2D eigenvalue weighted by Crippen LogP contribution is 2.32. The first-order chi connectivity index (χ1) is 8.88. The van der Waals surface area contributed by atoms with Crippen LogP contribution in [0, 0.1) is 0 Å². The zero-order valence-corrected chi connectivity index (χ0v) is 10.5. The second-order valence-corrected chi connectivity index (χ2v) is 5.00. The highest BCUT2D eigenvalue weighted by Gasteiger charge is 2.34. The van der Waals surface area contributed by atoms with Gasteiger partial charge in [-0.25, -0.2) is 10.8 Å². The van der Waals surface area contributed by atoms with Gasteiger partial charge in [0.25, 0.3) is 0 Å². The molecule has 1 aromatic heterocycles. The summed E-state index contributed by atoms with van der Waals surface area (Å²) in [6, 6.07) is 4.58. The first-order valence-corrected chi connectivity index (χ1v) is 6.69. The van der Waals surface area contributed by atoms with Crippen molar-refractivity contribution in [3.05, 3.63) is 18.3 Å². The Hall–Kier alpha value is -1.33. The number of morpholine rings is 1. The summed E-state index contributed by atoms with van der Waals surface area (Å²) in [6.07, 6.45) is 7.20. The zero-order chi connectivity index (χ0) is 12.4. The molecule has 98 valence electrons. The van der Waals surface area contributed by atoms with Crippen molar-refractivity contribution in [1.82, 2.24) is 4.98 Å². The van der Waals surface area contributed by atoms with Gasteiger partial charge in [-0.1, -0.05) is 12.8 Å². The molecule has 0 amide bonds. The summed E-state index contributed by atoms with van der Waals surface area (Å²) in [5.74, 6) is 6.14. The summed E-state index contributed by atoms with van der Waals surface area (Å²) in [5, 5.41) is 0. The first kappa shape index (κ1) is 11.7. The number of hydrogen-bond acceptors (Lipinski definition) is 5. The molecule has 2 fully saturated rings. The Balaban J connectivity index is 1.84. The van der Waals surface area contributed by atoms with Gasteiger partial charge < -0.3 is 15.1 Å². The third-order valence-electron chi connectivity index (χ3n) is 3.96. The lowest BCUT2D eigenvalue weighted by molar-refractivity contribution is -0.00867. The van der Waals surface area contributed by atoms with Crippen molar-refractivity contribution in [2.24, 2.45) is 5.84 Å². The predicted octanol–water partition coefficient (Wildman–Crippen LogP) is 1.51. The number of hydrazine groups is 1. The van der Waals surface area contributed by atoms with Gasteiger partial charge in [-0.2, -0.15) is 0 Å². The average molecular weight is 248 g/mol. The molecule has 5 heteroatoms. The normalized spacial score (nSPS) is 27.7. The summed E-state index contributed by atoms with van der Waals surface area (Å²) in [4.78, 5) is 6.62. The van der Waals surface area contributed by atoms with E-state index in [1.54, 1.807) is 6.20 Å². The summed E-state index contributed by atoms with van der Waals surface area (Å²) in [5.41, 5.74) is 3.80. The third kappa shape index (κ3) is 2.15. The summed E-state index contributed by atoms with van der Waals surface area (Å²) >= 11 is 0. The first-order valence-electron chi connectivity index (χ1n) is 6.69. The van der Waals surface area contributed by atoms with Gasteiger partial charge in [0, 0.05) is 24.5 Å². The van der Waals surface area contributed by atoms with Crippen LogP contribution in [0.5, 0.6) is 0 Å². The number of nitrogen functional groups attached to an aromatic ring is 1. The van der Waals surface area contributed by atoms with E-state index in [2.05, 4.69) is 21.4 Å². The number of rotatable bonds is 2. The lowest BCUT2D eigenvalue weighted by atomic mass is 9.90. The van der Waals surface area contributed by atoms with Crippen LogP contribution in [0.15, 0.2) is 18.3 Å². The van der Waals surface area contributed by atoms with Crippen LogP contribution in [0.1, 0.15) is 25.7 Å². The zero-order valence-electron chi connectivity index (χ0n) is 10.5. The maximum absolute atomic E-state index is 5.89. The van der Waals surface area contributed by atoms with E-state index in [0.717, 1.165) is 13.2 Å². The van der Waals surface area contributed by atoms with Crippen molar-refractivity contribution in [2.75, 3.05) is 23.5 Å². The monoisotopic (exact) mass is 248 g/mol. The van der Waals surface area contributed by atoms with Gasteiger partial charge in [0.05, 0.1) is 18.8 Å². The molecule has 3 N–H and O–H groups in total. The molecule has 1 aromatic rings. The molecule has 1 aliphatic heterocycles. The van der Waals surface area contributed by atoms with Gasteiger partial charge >= 0.3 is 0 Å². The number of nitrogens with zero attached hydrogens (tertiary/aromatic N) is 2. The highest BCUT2D eigenvalue weighted by molar-refractivity contribution is 5.54. The summed E-state index contributed by atoms with van der Waals surface area (Å²) in [7, 11) is 0. The molecule has 1 saturated carbocycles. The number of pyridine rings is 1. The molecule has 2 heterocycles. The SMILES string of the molecule is NNc1cc(N2CCOC3CCCCC32)ccn1. The maximum Gasteiger partial charge on any atom is 0.141 e. The van der Waals surface area contributed by atoms with Crippen LogP contribution >= 0.6 is 0 Å². The predicted molar refractivity (Wildman–Crippen MR) is 71.4 cm³/mol. The Morgan fingerprint density at radius 3 is 3.17 bits per heavy atom. The molecule has 2 aliphatic rings. The standard InChI is InChI=1S/C13H20N4O/c14-16-13-9-10(5-6-15-13)17-7-8-18-12-4-2-1-3-11(12)17/h5-6,9,11-12H,1-4,7-8,14H2,(H,15,16). The number of aromatic nitrogens is 1. The smallest absolute Gasteiger partial charge is 0.141 e. The molecule has 1 saturated heterocycles. The second kappa shape index (κ2) is 5.12. The molecule has 3 rings (SSSR count). The van der Waals surface area contributed by atoms with Crippen molar-refractivity contribution in [3.63, 3.8) is 0 Å². The fraction of sp³-hybridized carbons (Fsp3) is 0.615. The third-order valence-corrected chi connectivity index (χ3v) is 3.96. The van der Waals surface area contributed by atoms with E-state index in [-0.39, 0.29) is 0 Å². The van der Waals surface area contributed by atoms with Crippen molar-refractivity contribution in [1.29, 1.82) is 0 Å². The van der Waals surface area contributed by atoms with Crippen LogP contribution < -0.4 is 16.2 Å². The van der Waals surface area contributed by atoms with Crippen molar-refractivity contribution < 1.29 is 4.74 Å². The molecule has 2 unspecified atom stereocenters. The molecular formula is C13H20N4O. The Morgan fingerprint density at radius 1 is 1.39 bits per heavy atom. The highest BCUT2D eigenvalue weighted by atomic mass is 16.5. The second-order valence-electron chi connectivity index (χ2n) is 5.00. The van der Waals surface area contributed by atoms with Crippen LogP contribution in [-0.2, 0) is 4.74 Å². The minimum Gasteiger partial charge on any atom is -0.374 e. The van der Waals surface area contributed by atoms with Crippen molar-refractivity contribution in [2.45, 2.75) is 37.8 Å². The van der Waals surface area contributed by atoms with E-state index in [1.165, 1.54) is 31.4 Å². The van der Waals surface area contributed by atoms with E-state index in [9.17, 15) is 0 Å². The van der Waals surface area contributed by atoms with Crippen LogP contribution in [-0.4, -0.2) is 30.3 Å². The minimum absolute atomic E-state index is 0.398. The number of fused-ring (bicyclic) bond motifs is 1. The molecule has 5 nitrogen and oxygen atoms in total. The number of hydrogen-bond donors (Lipinski definition) is 2. The number of anilines is 2. The Morgan fingerprint density at radius 2 is 2.28 bits per heavy atom. The molecule has 0 spiro atoms. The van der Waals surface area contributed by atoms with Gasteiger partial charge in [0.2, 0.25) is 0 Å². The number of ether oxygens (including phenoxy) is 1. The number of nitrogens with one attached hydrogen (secondary N) is 1. The van der Waals surface area contributed by atoms with Gasteiger partial charge in [-0.3, -0.25) is 0 Å². The summed E-state index contributed by atoms with van der Waals surface area (Å²) < 4.78 is 5.89. The van der Waals surface area contributed by atoms with Crippen LogP contribution in [0.25, 0.3) is 0 Å². The minimum atomic E-state index is 0.398. The largest absolute Gasteiger partial charge is 0.374 e. The van der Waals surface area contributed by atoms with Crippen molar-refractivity contribution in [3.8, 4) is 0 Å². The molecule has 0 bridgehead atoms. The van der Waals surface area contributed by atoms with E-state index in [1.807, 2.05) is 6.07 Å². The van der Waals surface area contributed by atoms with E-state index in [0.29, 0.717) is 18.0 Å². The van der Waals surface area contributed by atoms with Gasteiger partial charge in [0.15, 0.2) is 0 Å². The molecular weight excluding hydrogens is 228 g/mol. The molecule has 0 aromatic carbocycles. The Kier molecular flexibility index (Phi) is 3.34. The molecule has 18 heavy (non-hydrogen) atoms. The topological polar surface area (TPSA) is 63.4 Å². The van der Waals surface area contributed by atoms with Gasteiger partial charge in [-0.15, -0.1) is 0 Å². The Labute approximate surface area is 107 Å². The van der Waals surface area contributed by atoms with Crippen LogP contribution in [0.4, 0.5) is 11.5 Å². The van der Waals surface area contributed by atoms with Crippen LogP contribution in [0.3, 0.4) is 0 Å². The maximum atomic E-state index is 5.89. The molecule has 1 aliphatic carbocycles. The lowest BCUT2D eigenvalue weighted by Gasteiger charge is -2.45. The van der Waals surface area contributed by atoms with Crippen LogP contribution in [0.2, 0.25) is 0 Å². The van der Waals surface area contributed by atoms with Crippen molar-refractivity contribution >= 4 is 11.5 Å².